The molecule has 0 aromatic carbocycles. The summed E-state index contributed by atoms with van der Waals surface area (Å²) in [6.07, 6.45) is 1.81. The van der Waals surface area contributed by atoms with Gasteiger partial charge in [-0.2, -0.15) is 0 Å². The predicted molar refractivity (Wildman–Crippen MR) is 55.9 cm³/mol. The Labute approximate surface area is 83.9 Å². The van der Waals surface area contributed by atoms with Gasteiger partial charge >= 0.3 is 0 Å². The zero-order chi connectivity index (χ0) is 9.80. The summed E-state index contributed by atoms with van der Waals surface area (Å²) in [5.74, 6) is 1.86. The second-order valence-electron chi connectivity index (χ2n) is 3.26. The highest BCUT2D eigenvalue weighted by Gasteiger charge is 2.17. The molecule has 0 saturated carbocycles. The quantitative estimate of drug-likeness (QED) is 0.758. The van der Waals surface area contributed by atoms with E-state index in [1.165, 1.54) is 0 Å². The normalized spacial score (nSPS) is 14.8. The SMILES string of the molecule is CNCCN1CCOc2cccnc21. The Morgan fingerprint density at radius 3 is 3.43 bits per heavy atom. The van der Waals surface area contributed by atoms with E-state index in [4.69, 9.17) is 4.74 Å². The Balaban J connectivity index is 2.14. The molecule has 2 heterocycles. The first kappa shape index (κ1) is 9.27. The zero-order valence-electron chi connectivity index (χ0n) is 8.36. The van der Waals surface area contributed by atoms with Crippen molar-refractivity contribution in [2.75, 3.05) is 38.2 Å². The molecule has 76 valence electrons. The van der Waals surface area contributed by atoms with Gasteiger partial charge in [0.1, 0.15) is 6.61 Å². The third kappa shape index (κ3) is 1.80. The van der Waals surface area contributed by atoms with Crippen LogP contribution in [0, 0.1) is 0 Å². The number of aromatic nitrogens is 1. The maximum atomic E-state index is 5.51. The first-order chi connectivity index (χ1) is 6.92. The smallest absolute Gasteiger partial charge is 0.171 e. The van der Waals surface area contributed by atoms with Gasteiger partial charge in [-0.25, -0.2) is 4.98 Å². The van der Waals surface area contributed by atoms with Crippen LogP contribution in [0.5, 0.6) is 5.75 Å². The number of hydrogen-bond donors (Lipinski definition) is 1. The van der Waals surface area contributed by atoms with Crippen molar-refractivity contribution in [1.29, 1.82) is 0 Å². The second kappa shape index (κ2) is 4.28. The van der Waals surface area contributed by atoms with Crippen LogP contribution in [0.2, 0.25) is 0 Å². The van der Waals surface area contributed by atoms with E-state index < -0.39 is 0 Å². The fourth-order valence-corrected chi connectivity index (χ4v) is 1.57. The Morgan fingerprint density at radius 1 is 1.64 bits per heavy atom. The Bertz CT molecular complexity index is 303. The molecule has 1 N–H and O–H groups in total. The molecule has 0 aliphatic carbocycles. The monoisotopic (exact) mass is 193 g/mol. The maximum absolute atomic E-state index is 5.51. The van der Waals surface area contributed by atoms with Crippen molar-refractivity contribution in [2.24, 2.45) is 0 Å². The van der Waals surface area contributed by atoms with E-state index in [1.54, 1.807) is 6.20 Å². The van der Waals surface area contributed by atoms with Crippen LogP contribution in [0.25, 0.3) is 0 Å². The average molecular weight is 193 g/mol. The number of hydrogen-bond acceptors (Lipinski definition) is 4. The van der Waals surface area contributed by atoms with Gasteiger partial charge in [-0.3, -0.25) is 0 Å². The maximum Gasteiger partial charge on any atom is 0.171 e. The molecule has 1 aliphatic rings. The summed E-state index contributed by atoms with van der Waals surface area (Å²) in [4.78, 5) is 6.57. The van der Waals surface area contributed by atoms with Crippen LogP contribution in [0.15, 0.2) is 18.3 Å². The molecule has 0 atom stereocenters. The molecule has 0 spiro atoms. The minimum Gasteiger partial charge on any atom is -0.488 e. The lowest BCUT2D eigenvalue weighted by atomic mass is 10.3. The van der Waals surface area contributed by atoms with Crippen LogP contribution in [0.4, 0.5) is 5.82 Å². The van der Waals surface area contributed by atoms with Gasteiger partial charge in [-0.1, -0.05) is 0 Å². The van der Waals surface area contributed by atoms with E-state index in [-0.39, 0.29) is 0 Å². The fourth-order valence-electron chi connectivity index (χ4n) is 1.57. The number of rotatable bonds is 3. The fraction of sp³-hybridized carbons (Fsp3) is 0.500. The van der Waals surface area contributed by atoms with E-state index in [9.17, 15) is 0 Å². The topological polar surface area (TPSA) is 37.4 Å². The molecular formula is C10H15N3O. The molecule has 0 bridgehead atoms. The summed E-state index contributed by atoms with van der Waals surface area (Å²) in [7, 11) is 1.96. The highest BCUT2D eigenvalue weighted by atomic mass is 16.5. The molecule has 4 nitrogen and oxygen atoms in total. The lowest BCUT2D eigenvalue weighted by Crippen LogP contribution is -2.37. The zero-order valence-corrected chi connectivity index (χ0v) is 8.36. The van der Waals surface area contributed by atoms with E-state index >= 15 is 0 Å². The molecule has 14 heavy (non-hydrogen) atoms. The molecule has 1 aliphatic heterocycles. The first-order valence-electron chi connectivity index (χ1n) is 4.89. The molecule has 2 rings (SSSR count). The molecule has 0 fully saturated rings. The minimum atomic E-state index is 0.752. The number of nitrogens with zero attached hydrogens (tertiary/aromatic N) is 2. The standard InChI is InChI=1S/C10H15N3O/c1-11-5-6-13-7-8-14-9-3-2-4-12-10(9)13/h2-4,11H,5-8H2,1H3. The number of fused-ring (bicyclic) bond motifs is 1. The largest absolute Gasteiger partial charge is 0.488 e. The van der Waals surface area contributed by atoms with Gasteiger partial charge in [0.15, 0.2) is 11.6 Å². The van der Waals surface area contributed by atoms with E-state index in [0.717, 1.165) is 37.8 Å². The molecule has 0 saturated heterocycles. The molecule has 0 unspecified atom stereocenters. The van der Waals surface area contributed by atoms with E-state index in [0.29, 0.717) is 0 Å². The second-order valence-corrected chi connectivity index (χ2v) is 3.26. The molecule has 0 amide bonds. The van der Waals surface area contributed by atoms with Crippen molar-refractivity contribution in [1.82, 2.24) is 10.3 Å². The Morgan fingerprint density at radius 2 is 2.57 bits per heavy atom. The minimum absolute atomic E-state index is 0.752. The average Bonchev–Trinajstić information content (AvgIpc) is 2.26. The van der Waals surface area contributed by atoms with Gasteiger partial charge in [0.25, 0.3) is 0 Å². The van der Waals surface area contributed by atoms with E-state index in [2.05, 4.69) is 15.2 Å². The number of anilines is 1. The van der Waals surface area contributed by atoms with Gasteiger partial charge in [0, 0.05) is 19.3 Å². The van der Waals surface area contributed by atoms with Gasteiger partial charge < -0.3 is 15.0 Å². The summed E-state index contributed by atoms with van der Waals surface area (Å²) in [6.45, 7) is 3.62. The number of likely N-dealkylation sites (N-methyl/N-ethyl adjacent to an activating group) is 1. The van der Waals surface area contributed by atoms with Crippen LogP contribution in [-0.2, 0) is 0 Å². The van der Waals surface area contributed by atoms with Crippen molar-refractivity contribution in [3.63, 3.8) is 0 Å². The highest BCUT2D eigenvalue weighted by Crippen LogP contribution is 2.27. The van der Waals surface area contributed by atoms with Gasteiger partial charge in [0.2, 0.25) is 0 Å². The molecule has 1 aromatic rings. The number of pyridine rings is 1. The summed E-state index contributed by atoms with van der Waals surface area (Å²) in [5.41, 5.74) is 0. The van der Waals surface area contributed by atoms with Crippen LogP contribution < -0.4 is 15.0 Å². The molecule has 1 aromatic heterocycles. The predicted octanol–water partition coefficient (Wildman–Crippen LogP) is 0.500. The number of ether oxygens (including phenoxy) is 1. The lowest BCUT2D eigenvalue weighted by Gasteiger charge is -2.29. The van der Waals surface area contributed by atoms with Gasteiger partial charge in [-0.15, -0.1) is 0 Å². The first-order valence-corrected chi connectivity index (χ1v) is 4.89. The van der Waals surface area contributed by atoms with Crippen LogP contribution in [0.3, 0.4) is 0 Å². The highest BCUT2D eigenvalue weighted by molar-refractivity contribution is 5.53. The molecule has 4 heteroatoms. The van der Waals surface area contributed by atoms with Gasteiger partial charge in [-0.05, 0) is 19.2 Å². The Kier molecular flexibility index (Phi) is 2.84. The Hall–Kier alpha value is -1.29. The summed E-state index contributed by atoms with van der Waals surface area (Å²) >= 11 is 0. The third-order valence-electron chi connectivity index (χ3n) is 2.30. The van der Waals surface area contributed by atoms with Crippen molar-refractivity contribution < 1.29 is 4.74 Å². The molecular weight excluding hydrogens is 178 g/mol. The van der Waals surface area contributed by atoms with Crippen molar-refractivity contribution >= 4 is 5.82 Å². The van der Waals surface area contributed by atoms with Crippen LogP contribution in [0.1, 0.15) is 0 Å². The summed E-state index contributed by atoms with van der Waals surface area (Å²) in [6, 6.07) is 3.87. The van der Waals surface area contributed by atoms with Crippen LogP contribution in [-0.4, -0.2) is 38.3 Å². The van der Waals surface area contributed by atoms with E-state index in [1.807, 2.05) is 19.2 Å². The van der Waals surface area contributed by atoms with Crippen molar-refractivity contribution in [3.05, 3.63) is 18.3 Å². The van der Waals surface area contributed by atoms with Crippen LogP contribution >= 0.6 is 0 Å². The number of nitrogens with one attached hydrogen (secondary N) is 1. The molecule has 0 radical (unpaired) electrons. The summed E-state index contributed by atoms with van der Waals surface area (Å²) < 4.78 is 5.51. The lowest BCUT2D eigenvalue weighted by molar-refractivity contribution is 0.305. The van der Waals surface area contributed by atoms with Gasteiger partial charge in [0.05, 0.1) is 6.54 Å². The van der Waals surface area contributed by atoms with Crippen molar-refractivity contribution in [2.45, 2.75) is 0 Å². The van der Waals surface area contributed by atoms with Crippen molar-refractivity contribution in [3.8, 4) is 5.75 Å². The third-order valence-corrected chi connectivity index (χ3v) is 2.30. The summed E-state index contributed by atoms with van der Waals surface area (Å²) in [5, 5.41) is 3.14.